The summed E-state index contributed by atoms with van der Waals surface area (Å²) >= 11 is 0. The molecule has 0 saturated carbocycles. The molecule has 0 amide bonds. The van der Waals surface area contributed by atoms with Gasteiger partial charge in [-0.15, -0.1) is 0 Å². The van der Waals surface area contributed by atoms with Crippen LogP contribution in [0.4, 0.5) is 11.6 Å². The van der Waals surface area contributed by atoms with Crippen molar-refractivity contribution < 1.29 is 0 Å². The number of hydrogen-bond donors (Lipinski definition) is 2. The lowest BCUT2D eigenvalue weighted by atomic mass is 10.1. The van der Waals surface area contributed by atoms with Gasteiger partial charge in [-0.3, -0.25) is 0 Å². The van der Waals surface area contributed by atoms with E-state index in [1.165, 1.54) is 0 Å². The van der Waals surface area contributed by atoms with Crippen molar-refractivity contribution in [3.8, 4) is 0 Å². The van der Waals surface area contributed by atoms with Gasteiger partial charge in [-0.25, -0.2) is 9.97 Å². The third-order valence-corrected chi connectivity index (χ3v) is 2.05. The monoisotopic (exact) mass is 180 g/mol. The maximum atomic E-state index is 5.42. The maximum absolute atomic E-state index is 5.42. The Balaban J connectivity index is 2.59. The molecule has 0 aromatic carbocycles. The lowest BCUT2D eigenvalue weighted by Crippen LogP contribution is -2.22. The third kappa shape index (κ3) is 2.89. The van der Waals surface area contributed by atoms with E-state index in [0.717, 1.165) is 5.82 Å². The van der Waals surface area contributed by atoms with E-state index in [1.807, 2.05) is 0 Å². The number of nitrogens with one attached hydrogen (secondary N) is 1. The van der Waals surface area contributed by atoms with E-state index in [4.69, 9.17) is 5.73 Å². The van der Waals surface area contributed by atoms with Gasteiger partial charge >= 0.3 is 0 Å². The minimum atomic E-state index is 0.387. The molecule has 4 heteroatoms. The highest BCUT2D eigenvalue weighted by molar-refractivity contribution is 5.36. The summed E-state index contributed by atoms with van der Waals surface area (Å²) in [5.41, 5.74) is 5.42. The van der Waals surface area contributed by atoms with Gasteiger partial charge in [0.05, 0.1) is 12.4 Å². The summed E-state index contributed by atoms with van der Waals surface area (Å²) in [6.45, 7) is 6.42. The Bertz CT molecular complexity index is 255. The molecule has 1 atom stereocenters. The molecule has 1 aromatic rings. The van der Waals surface area contributed by atoms with Crippen LogP contribution in [0.5, 0.6) is 0 Å². The van der Waals surface area contributed by atoms with E-state index in [0.29, 0.717) is 17.8 Å². The highest BCUT2D eigenvalue weighted by atomic mass is 15.0. The zero-order valence-corrected chi connectivity index (χ0v) is 8.28. The van der Waals surface area contributed by atoms with E-state index in [-0.39, 0.29) is 0 Å². The molecule has 72 valence electrons. The Kier molecular flexibility index (Phi) is 3.06. The molecule has 1 rings (SSSR count). The van der Waals surface area contributed by atoms with Crippen LogP contribution in [0.25, 0.3) is 0 Å². The zero-order valence-electron chi connectivity index (χ0n) is 8.28. The number of aromatic nitrogens is 2. The molecule has 1 heterocycles. The average Bonchev–Trinajstić information content (AvgIpc) is 2.08. The fourth-order valence-corrected chi connectivity index (χ4v) is 0.812. The lowest BCUT2D eigenvalue weighted by Gasteiger charge is -2.17. The summed E-state index contributed by atoms with van der Waals surface area (Å²) in [4.78, 5) is 8.05. The minimum Gasteiger partial charge on any atom is -0.382 e. The molecule has 3 N–H and O–H groups in total. The fraction of sp³-hybridized carbons (Fsp3) is 0.556. The molecule has 1 unspecified atom stereocenters. The number of rotatable bonds is 3. The van der Waals surface area contributed by atoms with Gasteiger partial charge in [0.2, 0.25) is 0 Å². The first kappa shape index (κ1) is 9.77. The van der Waals surface area contributed by atoms with Crippen LogP contribution in [-0.4, -0.2) is 16.0 Å². The van der Waals surface area contributed by atoms with Crippen LogP contribution < -0.4 is 11.1 Å². The Morgan fingerprint density at radius 1 is 1.23 bits per heavy atom. The summed E-state index contributed by atoms with van der Waals surface area (Å²) < 4.78 is 0. The Hall–Kier alpha value is -1.32. The first-order valence-electron chi connectivity index (χ1n) is 4.43. The molecular weight excluding hydrogens is 164 g/mol. The number of anilines is 2. The van der Waals surface area contributed by atoms with Crippen molar-refractivity contribution in [2.24, 2.45) is 5.92 Å². The summed E-state index contributed by atoms with van der Waals surface area (Å²) in [6.07, 6.45) is 3.20. The average molecular weight is 180 g/mol. The largest absolute Gasteiger partial charge is 0.382 e. The molecule has 4 nitrogen and oxygen atoms in total. The first-order chi connectivity index (χ1) is 6.09. The normalized spacial score (nSPS) is 12.9. The van der Waals surface area contributed by atoms with E-state index in [9.17, 15) is 0 Å². The Morgan fingerprint density at radius 2 is 1.92 bits per heavy atom. The van der Waals surface area contributed by atoms with Gasteiger partial charge in [0.25, 0.3) is 0 Å². The van der Waals surface area contributed by atoms with Gasteiger partial charge in [-0.2, -0.15) is 0 Å². The Morgan fingerprint density at radius 3 is 2.38 bits per heavy atom. The second-order valence-electron chi connectivity index (χ2n) is 3.50. The van der Waals surface area contributed by atoms with Crippen molar-refractivity contribution >= 4 is 11.6 Å². The molecular formula is C9H16N4. The Labute approximate surface area is 78.6 Å². The predicted octanol–water partition coefficient (Wildman–Crippen LogP) is 1.52. The van der Waals surface area contributed by atoms with Crippen LogP contribution >= 0.6 is 0 Å². The quantitative estimate of drug-likeness (QED) is 0.740. The van der Waals surface area contributed by atoms with Crippen LogP contribution in [-0.2, 0) is 0 Å². The molecule has 0 fully saturated rings. The van der Waals surface area contributed by atoms with Crippen molar-refractivity contribution in [1.82, 2.24) is 9.97 Å². The van der Waals surface area contributed by atoms with Crippen molar-refractivity contribution in [1.29, 1.82) is 0 Å². The van der Waals surface area contributed by atoms with Gasteiger partial charge in [0.15, 0.2) is 0 Å². The molecule has 0 aliphatic rings. The number of hydrogen-bond acceptors (Lipinski definition) is 4. The van der Waals surface area contributed by atoms with E-state index < -0.39 is 0 Å². The molecule has 0 aliphatic heterocycles. The number of nitrogens with two attached hydrogens (primary N) is 1. The predicted molar refractivity (Wildman–Crippen MR) is 54.4 cm³/mol. The van der Waals surface area contributed by atoms with Gasteiger partial charge < -0.3 is 11.1 Å². The highest BCUT2D eigenvalue weighted by Gasteiger charge is 2.06. The smallest absolute Gasteiger partial charge is 0.144 e. The summed E-state index contributed by atoms with van der Waals surface area (Å²) in [5.74, 6) is 1.79. The standard InChI is InChI=1S/C9H16N4/c1-6(2)7(3)13-9-5-11-8(10)4-12-9/h4-7H,1-3H3,(H2,10,11)(H,12,13). The molecule has 13 heavy (non-hydrogen) atoms. The third-order valence-electron chi connectivity index (χ3n) is 2.05. The van der Waals surface area contributed by atoms with Crippen LogP contribution in [0.1, 0.15) is 20.8 Å². The molecule has 0 aliphatic carbocycles. The second-order valence-corrected chi connectivity index (χ2v) is 3.50. The van der Waals surface area contributed by atoms with Crippen molar-refractivity contribution in [2.75, 3.05) is 11.1 Å². The minimum absolute atomic E-state index is 0.387. The van der Waals surface area contributed by atoms with Crippen LogP contribution in [0.15, 0.2) is 12.4 Å². The van der Waals surface area contributed by atoms with Gasteiger partial charge in [-0.05, 0) is 12.8 Å². The molecule has 0 radical (unpaired) electrons. The summed E-state index contributed by atoms with van der Waals surface area (Å²) in [6, 6.07) is 0.387. The van der Waals surface area contributed by atoms with Gasteiger partial charge in [0, 0.05) is 6.04 Å². The van der Waals surface area contributed by atoms with Crippen molar-refractivity contribution in [3.63, 3.8) is 0 Å². The number of nitrogens with zero attached hydrogens (tertiary/aromatic N) is 2. The van der Waals surface area contributed by atoms with Crippen molar-refractivity contribution in [2.45, 2.75) is 26.8 Å². The summed E-state index contributed by atoms with van der Waals surface area (Å²) in [7, 11) is 0. The van der Waals surface area contributed by atoms with Crippen LogP contribution in [0.2, 0.25) is 0 Å². The lowest BCUT2D eigenvalue weighted by molar-refractivity contribution is 0.558. The van der Waals surface area contributed by atoms with Crippen molar-refractivity contribution in [3.05, 3.63) is 12.4 Å². The van der Waals surface area contributed by atoms with E-state index >= 15 is 0 Å². The number of nitrogen functional groups attached to an aromatic ring is 1. The van der Waals surface area contributed by atoms with Gasteiger partial charge in [0.1, 0.15) is 11.6 Å². The van der Waals surface area contributed by atoms with Crippen LogP contribution in [0, 0.1) is 5.92 Å². The van der Waals surface area contributed by atoms with Gasteiger partial charge in [-0.1, -0.05) is 13.8 Å². The highest BCUT2D eigenvalue weighted by Crippen LogP contribution is 2.08. The fourth-order valence-electron chi connectivity index (χ4n) is 0.812. The topological polar surface area (TPSA) is 63.8 Å². The SMILES string of the molecule is CC(C)C(C)Nc1cnc(N)cn1. The second kappa shape index (κ2) is 4.07. The first-order valence-corrected chi connectivity index (χ1v) is 4.43. The molecule has 1 aromatic heterocycles. The maximum Gasteiger partial charge on any atom is 0.144 e. The van der Waals surface area contributed by atoms with Crippen LogP contribution in [0.3, 0.4) is 0 Å². The van der Waals surface area contributed by atoms with E-state index in [2.05, 4.69) is 36.1 Å². The molecule has 0 spiro atoms. The summed E-state index contributed by atoms with van der Waals surface area (Å²) in [5, 5.41) is 3.24. The van der Waals surface area contributed by atoms with E-state index in [1.54, 1.807) is 12.4 Å². The zero-order chi connectivity index (χ0) is 9.84. The molecule has 0 bridgehead atoms. The molecule has 0 saturated heterocycles.